The molecule has 0 radical (unpaired) electrons. The molecule has 5 rings (SSSR count). The summed E-state index contributed by atoms with van der Waals surface area (Å²) in [5, 5.41) is 5.53. The van der Waals surface area contributed by atoms with Gasteiger partial charge < -0.3 is 14.9 Å². The molecule has 1 saturated carbocycles. The summed E-state index contributed by atoms with van der Waals surface area (Å²) >= 11 is 0. The van der Waals surface area contributed by atoms with Gasteiger partial charge in [0.25, 0.3) is 0 Å². The topological polar surface area (TPSA) is 78.6 Å². The highest BCUT2D eigenvalue weighted by molar-refractivity contribution is 5.82. The highest BCUT2D eigenvalue weighted by Crippen LogP contribution is 2.28. The summed E-state index contributed by atoms with van der Waals surface area (Å²) in [6.45, 7) is 4.61. The molecule has 6 heteroatoms. The van der Waals surface area contributed by atoms with Crippen LogP contribution in [-0.4, -0.2) is 27.2 Å². The van der Waals surface area contributed by atoms with E-state index in [1.165, 1.54) is 12.8 Å². The van der Waals surface area contributed by atoms with E-state index < -0.39 is 0 Å². The smallest absolute Gasteiger partial charge is 0.232 e. The minimum atomic E-state index is -0.0990. The quantitative estimate of drug-likeness (QED) is 0.584. The molecule has 0 spiro atoms. The minimum Gasteiger partial charge on any atom is -0.472 e. The highest BCUT2D eigenvalue weighted by Gasteiger charge is 2.14. The summed E-state index contributed by atoms with van der Waals surface area (Å²) in [4.78, 5) is 4.37. The molecular weight excluding hydrogens is 340 g/mol. The minimum absolute atomic E-state index is 0.0990. The molecule has 3 aromatic heterocycles. The van der Waals surface area contributed by atoms with Gasteiger partial charge in [0.15, 0.2) is 11.4 Å². The van der Waals surface area contributed by atoms with E-state index in [0.717, 1.165) is 34.0 Å². The van der Waals surface area contributed by atoms with Crippen LogP contribution in [0.15, 0.2) is 53.1 Å². The zero-order valence-corrected chi connectivity index (χ0v) is 15.6. The van der Waals surface area contributed by atoms with Crippen LogP contribution in [0.25, 0.3) is 28.1 Å². The van der Waals surface area contributed by atoms with E-state index >= 15 is 0 Å². The van der Waals surface area contributed by atoms with E-state index in [9.17, 15) is 0 Å². The maximum absolute atomic E-state index is 5.90. The molecule has 0 saturated heterocycles. The number of imidazole rings is 1. The Hall–Kier alpha value is -2.86. The third-order valence-electron chi connectivity index (χ3n) is 4.54. The molecule has 0 bridgehead atoms. The molecule has 0 aliphatic heterocycles. The molecule has 2 N–H and O–H groups in total. The number of benzene rings is 1. The van der Waals surface area contributed by atoms with Gasteiger partial charge in [-0.15, -0.1) is 5.10 Å². The lowest BCUT2D eigenvalue weighted by molar-refractivity contribution is 0.217. The van der Waals surface area contributed by atoms with Gasteiger partial charge in [0.1, 0.15) is 17.4 Å². The number of ether oxygens (including phenoxy) is 1. The summed E-state index contributed by atoms with van der Waals surface area (Å²) in [5.41, 5.74) is 7.93. The summed E-state index contributed by atoms with van der Waals surface area (Å²) in [7, 11) is 0. The first-order chi connectivity index (χ1) is 13.1. The third-order valence-corrected chi connectivity index (χ3v) is 4.54. The Morgan fingerprint density at radius 1 is 1.26 bits per heavy atom. The molecule has 3 heterocycles. The molecule has 4 aromatic rings. The van der Waals surface area contributed by atoms with Crippen LogP contribution in [0.4, 0.5) is 0 Å². The Balaban J connectivity index is 0.000000400. The second kappa shape index (κ2) is 7.40. The van der Waals surface area contributed by atoms with E-state index in [2.05, 4.69) is 17.0 Å². The van der Waals surface area contributed by atoms with Crippen molar-refractivity contribution in [2.45, 2.75) is 32.8 Å². The van der Waals surface area contributed by atoms with Crippen molar-refractivity contribution >= 4 is 16.6 Å². The molecule has 1 fully saturated rings. The van der Waals surface area contributed by atoms with Crippen molar-refractivity contribution in [3.8, 4) is 17.3 Å². The van der Waals surface area contributed by atoms with Crippen LogP contribution in [0.3, 0.4) is 0 Å². The molecule has 0 amide bonds. The van der Waals surface area contributed by atoms with Gasteiger partial charge in [-0.1, -0.05) is 38.0 Å². The Labute approximate surface area is 157 Å². The largest absolute Gasteiger partial charge is 0.472 e. The number of furan rings is 1. The lowest BCUT2D eigenvalue weighted by Gasteiger charge is -2.11. The first-order valence-corrected chi connectivity index (χ1v) is 9.34. The predicted molar refractivity (Wildman–Crippen MR) is 106 cm³/mol. The van der Waals surface area contributed by atoms with Gasteiger partial charge in [-0.05, 0) is 31.0 Å². The van der Waals surface area contributed by atoms with Crippen molar-refractivity contribution in [1.82, 2.24) is 14.6 Å². The Bertz CT molecular complexity index is 1020. The lowest BCUT2D eigenvalue weighted by Crippen LogP contribution is -2.23. The van der Waals surface area contributed by atoms with Crippen molar-refractivity contribution in [3.63, 3.8) is 0 Å². The van der Waals surface area contributed by atoms with E-state index in [0.29, 0.717) is 12.4 Å². The van der Waals surface area contributed by atoms with E-state index in [-0.39, 0.29) is 6.10 Å². The molecule has 1 aromatic carbocycles. The summed E-state index contributed by atoms with van der Waals surface area (Å²) in [6.07, 6.45) is 4.62. The number of aromatic nitrogens is 3. The zero-order valence-electron chi connectivity index (χ0n) is 15.6. The van der Waals surface area contributed by atoms with Gasteiger partial charge in [-0.3, -0.25) is 0 Å². The fourth-order valence-electron chi connectivity index (χ4n) is 2.62. The number of para-hydroxylation sites is 1. The fourth-order valence-corrected chi connectivity index (χ4v) is 2.62. The van der Waals surface area contributed by atoms with Crippen molar-refractivity contribution < 1.29 is 9.15 Å². The number of nitrogens with two attached hydrogens (primary N) is 1. The number of fused-ring (bicyclic) bond motifs is 2. The van der Waals surface area contributed by atoms with Crippen molar-refractivity contribution in [2.75, 3.05) is 6.54 Å². The van der Waals surface area contributed by atoms with Crippen LogP contribution in [0.2, 0.25) is 0 Å². The lowest BCUT2D eigenvalue weighted by atomic mass is 10.2. The molecule has 1 aliphatic carbocycles. The van der Waals surface area contributed by atoms with Crippen LogP contribution < -0.4 is 10.5 Å². The summed E-state index contributed by atoms with van der Waals surface area (Å²) in [5.74, 6) is 2.31. The summed E-state index contributed by atoms with van der Waals surface area (Å²) in [6, 6.07) is 13.5. The second-order valence-electron chi connectivity index (χ2n) is 7.08. The maximum Gasteiger partial charge on any atom is 0.232 e. The van der Waals surface area contributed by atoms with Gasteiger partial charge in [0.05, 0.1) is 6.20 Å². The SMILES string of the molecule is CC(CN)Oc1ccc2ncc(-c3cc4ccccc4o3)n2n1.CC1CC1. The molecule has 6 nitrogen and oxygen atoms in total. The molecule has 27 heavy (non-hydrogen) atoms. The van der Waals surface area contributed by atoms with Crippen LogP contribution >= 0.6 is 0 Å². The Morgan fingerprint density at radius 2 is 2.04 bits per heavy atom. The average Bonchev–Trinajstić information content (AvgIpc) is 3.19. The van der Waals surface area contributed by atoms with Gasteiger partial charge in [-0.25, -0.2) is 9.50 Å². The Morgan fingerprint density at radius 3 is 2.74 bits per heavy atom. The van der Waals surface area contributed by atoms with Crippen molar-refractivity contribution in [1.29, 1.82) is 0 Å². The first kappa shape index (κ1) is 17.5. The van der Waals surface area contributed by atoms with Crippen LogP contribution in [0, 0.1) is 5.92 Å². The number of rotatable bonds is 4. The highest BCUT2D eigenvalue weighted by atomic mass is 16.5. The first-order valence-electron chi connectivity index (χ1n) is 9.34. The van der Waals surface area contributed by atoms with Crippen molar-refractivity contribution in [2.24, 2.45) is 11.7 Å². The van der Waals surface area contributed by atoms with Gasteiger partial charge >= 0.3 is 0 Å². The Kier molecular flexibility index (Phi) is 4.81. The van der Waals surface area contributed by atoms with Crippen LogP contribution in [0.5, 0.6) is 5.88 Å². The van der Waals surface area contributed by atoms with E-state index in [1.54, 1.807) is 16.8 Å². The molecule has 1 unspecified atom stereocenters. The monoisotopic (exact) mass is 364 g/mol. The van der Waals surface area contributed by atoms with Gasteiger partial charge in [0.2, 0.25) is 5.88 Å². The van der Waals surface area contributed by atoms with Gasteiger partial charge in [-0.2, -0.15) is 0 Å². The van der Waals surface area contributed by atoms with Crippen LogP contribution in [0.1, 0.15) is 26.7 Å². The molecular formula is C21H24N4O2. The molecule has 140 valence electrons. The third kappa shape index (κ3) is 3.95. The second-order valence-corrected chi connectivity index (χ2v) is 7.08. The predicted octanol–water partition coefficient (Wildman–Crippen LogP) is 4.28. The van der Waals surface area contributed by atoms with E-state index in [1.807, 2.05) is 43.3 Å². The standard InChI is InChI=1S/C17H16N4O2.C4H8/c1-11(9-18)22-17-7-6-16-19-10-13(21(16)20-17)15-8-12-4-2-3-5-14(12)23-15;1-4-2-3-4/h2-8,10-11H,9,18H2,1H3;4H,2-3H2,1H3. The maximum atomic E-state index is 5.90. The number of hydrogen-bond acceptors (Lipinski definition) is 5. The zero-order chi connectivity index (χ0) is 18.8. The average molecular weight is 364 g/mol. The molecule has 1 atom stereocenters. The summed E-state index contributed by atoms with van der Waals surface area (Å²) < 4.78 is 13.3. The van der Waals surface area contributed by atoms with Gasteiger partial charge in [0, 0.05) is 18.0 Å². The van der Waals surface area contributed by atoms with Crippen LogP contribution in [-0.2, 0) is 0 Å². The normalized spacial score (nSPS) is 14.8. The number of nitrogens with zero attached hydrogens (tertiary/aromatic N) is 3. The molecule has 1 aliphatic rings. The van der Waals surface area contributed by atoms with E-state index in [4.69, 9.17) is 14.9 Å². The van der Waals surface area contributed by atoms with Crippen molar-refractivity contribution in [3.05, 3.63) is 48.7 Å². The number of hydrogen-bond donors (Lipinski definition) is 1. The fraction of sp³-hybridized carbons (Fsp3) is 0.333.